The molecule has 144 valence electrons. The number of H-pyrrole nitrogens is 1. The van der Waals surface area contributed by atoms with Crippen molar-refractivity contribution < 1.29 is 14.0 Å². The van der Waals surface area contributed by atoms with Gasteiger partial charge in [0, 0.05) is 38.2 Å². The van der Waals surface area contributed by atoms with Crippen molar-refractivity contribution in [2.75, 3.05) is 26.2 Å². The Hall–Kier alpha value is -2.57. The number of aromatic nitrogens is 2. The van der Waals surface area contributed by atoms with Crippen LogP contribution in [0.15, 0.2) is 22.6 Å². The van der Waals surface area contributed by atoms with Gasteiger partial charge in [0.15, 0.2) is 11.5 Å². The molecule has 0 aromatic carbocycles. The van der Waals surface area contributed by atoms with Gasteiger partial charge in [0.1, 0.15) is 11.5 Å². The molecule has 3 heterocycles. The Morgan fingerprint density at radius 2 is 1.78 bits per heavy atom. The molecule has 27 heavy (non-hydrogen) atoms. The fourth-order valence-corrected chi connectivity index (χ4v) is 4.04. The number of piperazine rings is 1. The molecule has 1 aliphatic carbocycles. The highest BCUT2D eigenvalue weighted by molar-refractivity contribution is 5.93. The monoisotopic (exact) mass is 370 g/mol. The molecule has 2 amide bonds. The fourth-order valence-electron chi connectivity index (χ4n) is 4.04. The van der Waals surface area contributed by atoms with Crippen molar-refractivity contribution in [2.24, 2.45) is 5.92 Å². The van der Waals surface area contributed by atoms with Crippen molar-refractivity contribution in [2.45, 2.75) is 39.0 Å². The van der Waals surface area contributed by atoms with Crippen LogP contribution in [0.5, 0.6) is 0 Å². The van der Waals surface area contributed by atoms with Gasteiger partial charge in [0.05, 0.1) is 0 Å². The van der Waals surface area contributed by atoms with E-state index in [2.05, 4.69) is 10.2 Å². The van der Waals surface area contributed by atoms with E-state index in [0.29, 0.717) is 43.3 Å². The van der Waals surface area contributed by atoms with Crippen LogP contribution in [0.2, 0.25) is 0 Å². The Morgan fingerprint density at radius 3 is 2.44 bits per heavy atom. The van der Waals surface area contributed by atoms with E-state index in [0.717, 1.165) is 31.4 Å². The molecule has 0 unspecified atom stereocenters. The Morgan fingerprint density at radius 1 is 1.07 bits per heavy atom. The summed E-state index contributed by atoms with van der Waals surface area (Å²) < 4.78 is 5.57. The third-order valence-corrected chi connectivity index (χ3v) is 5.64. The fraction of sp³-hybridized carbons (Fsp3) is 0.550. The SMILES string of the molecule is Cc1ccc(-c2cc(C(=O)N3CCN(C(=O)C4CCCCC4)CC3)n[nH]2)o1. The van der Waals surface area contributed by atoms with Crippen molar-refractivity contribution in [3.8, 4) is 11.5 Å². The average molecular weight is 370 g/mol. The van der Waals surface area contributed by atoms with Gasteiger partial charge in [-0.05, 0) is 31.9 Å². The van der Waals surface area contributed by atoms with E-state index < -0.39 is 0 Å². The van der Waals surface area contributed by atoms with Crippen molar-refractivity contribution in [1.82, 2.24) is 20.0 Å². The topological polar surface area (TPSA) is 82.4 Å². The van der Waals surface area contributed by atoms with E-state index in [4.69, 9.17) is 4.42 Å². The molecule has 0 spiro atoms. The van der Waals surface area contributed by atoms with Gasteiger partial charge < -0.3 is 14.2 Å². The Bertz CT molecular complexity index is 811. The lowest BCUT2D eigenvalue weighted by atomic mass is 9.88. The Balaban J connectivity index is 1.34. The summed E-state index contributed by atoms with van der Waals surface area (Å²) in [4.78, 5) is 29.1. The second-order valence-corrected chi connectivity index (χ2v) is 7.53. The molecule has 7 heteroatoms. The highest BCUT2D eigenvalue weighted by atomic mass is 16.3. The molecule has 2 aromatic heterocycles. The molecule has 2 aromatic rings. The standard InChI is InChI=1S/C20H26N4O3/c1-14-7-8-18(27-14)16-13-17(22-21-16)20(26)24-11-9-23(10-12-24)19(25)15-5-3-2-4-6-15/h7-8,13,15H,2-6,9-12H2,1H3,(H,21,22). The zero-order valence-electron chi connectivity index (χ0n) is 15.7. The summed E-state index contributed by atoms with van der Waals surface area (Å²) in [5.41, 5.74) is 1.07. The third-order valence-electron chi connectivity index (χ3n) is 5.64. The van der Waals surface area contributed by atoms with Gasteiger partial charge in [-0.25, -0.2) is 0 Å². The number of aryl methyl sites for hydroxylation is 1. The Kier molecular flexibility index (Phi) is 5.01. The Labute approximate surface area is 158 Å². The summed E-state index contributed by atoms with van der Waals surface area (Å²) in [6, 6.07) is 5.45. The lowest BCUT2D eigenvalue weighted by Crippen LogP contribution is -2.52. The number of furan rings is 1. The zero-order valence-corrected chi connectivity index (χ0v) is 15.7. The molecule has 7 nitrogen and oxygen atoms in total. The first-order valence-electron chi connectivity index (χ1n) is 9.82. The lowest BCUT2D eigenvalue weighted by Gasteiger charge is -2.36. The highest BCUT2D eigenvalue weighted by Gasteiger charge is 2.30. The van der Waals surface area contributed by atoms with Gasteiger partial charge in [-0.1, -0.05) is 19.3 Å². The first-order chi connectivity index (χ1) is 13.1. The number of nitrogens with zero attached hydrogens (tertiary/aromatic N) is 3. The molecule has 1 saturated carbocycles. The van der Waals surface area contributed by atoms with Crippen molar-refractivity contribution in [1.29, 1.82) is 0 Å². The van der Waals surface area contributed by atoms with E-state index in [1.54, 1.807) is 11.0 Å². The first-order valence-corrected chi connectivity index (χ1v) is 9.82. The van der Waals surface area contributed by atoms with Gasteiger partial charge in [0.2, 0.25) is 5.91 Å². The zero-order chi connectivity index (χ0) is 18.8. The molecule has 2 fully saturated rings. The summed E-state index contributed by atoms with van der Waals surface area (Å²) in [5.74, 6) is 1.84. The van der Waals surface area contributed by atoms with Gasteiger partial charge in [0.25, 0.3) is 5.91 Å². The normalized spacial score (nSPS) is 18.7. The second-order valence-electron chi connectivity index (χ2n) is 7.53. The molecule has 1 N–H and O–H groups in total. The second kappa shape index (κ2) is 7.58. The molecule has 0 radical (unpaired) electrons. The maximum absolute atomic E-state index is 12.7. The molecule has 1 aliphatic heterocycles. The number of carbonyl (C=O) groups excluding carboxylic acids is 2. The number of hydrogen-bond acceptors (Lipinski definition) is 4. The number of rotatable bonds is 3. The number of nitrogens with one attached hydrogen (secondary N) is 1. The summed E-state index contributed by atoms with van der Waals surface area (Å²) in [6.07, 6.45) is 5.59. The van der Waals surface area contributed by atoms with E-state index in [-0.39, 0.29) is 17.7 Å². The summed E-state index contributed by atoms with van der Waals surface area (Å²) >= 11 is 0. The van der Waals surface area contributed by atoms with Gasteiger partial charge >= 0.3 is 0 Å². The number of amides is 2. The predicted molar refractivity (Wildman–Crippen MR) is 100 cm³/mol. The smallest absolute Gasteiger partial charge is 0.274 e. The number of aromatic amines is 1. The van der Waals surface area contributed by atoms with Crippen LogP contribution in [-0.4, -0.2) is 58.0 Å². The van der Waals surface area contributed by atoms with E-state index >= 15 is 0 Å². The minimum Gasteiger partial charge on any atom is -0.460 e. The van der Waals surface area contributed by atoms with Crippen LogP contribution in [0, 0.1) is 12.8 Å². The van der Waals surface area contributed by atoms with E-state index in [9.17, 15) is 9.59 Å². The molecular weight excluding hydrogens is 344 g/mol. The van der Waals surface area contributed by atoms with Crippen molar-refractivity contribution in [3.05, 3.63) is 29.7 Å². The first kappa shape index (κ1) is 17.8. The van der Waals surface area contributed by atoms with Crippen LogP contribution < -0.4 is 0 Å². The minimum absolute atomic E-state index is 0.106. The predicted octanol–water partition coefficient (Wildman–Crippen LogP) is 2.84. The van der Waals surface area contributed by atoms with Crippen LogP contribution in [0.25, 0.3) is 11.5 Å². The van der Waals surface area contributed by atoms with Crippen LogP contribution in [-0.2, 0) is 4.79 Å². The maximum Gasteiger partial charge on any atom is 0.274 e. The summed E-state index contributed by atoms with van der Waals surface area (Å²) in [5, 5.41) is 7.02. The van der Waals surface area contributed by atoms with Crippen LogP contribution in [0.1, 0.15) is 48.4 Å². The molecule has 2 aliphatic rings. The largest absolute Gasteiger partial charge is 0.460 e. The highest BCUT2D eigenvalue weighted by Crippen LogP contribution is 2.26. The molecular formula is C20H26N4O3. The molecule has 0 bridgehead atoms. The maximum atomic E-state index is 12.7. The van der Waals surface area contributed by atoms with Gasteiger partial charge in [-0.2, -0.15) is 5.10 Å². The number of hydrogen-bond donors (Lipinski definition) is 1. The summed E-state index contributed by atoms with van der Waals surface area (Å²) in [6.45, 7) is 4.20. The molecule has 0 atom stereocenters. The minimum atomic E-state index is -0.106. The lowest BCUT2D eigenvalue weighted by molar-refractivity contribution is -0.138. The molecule has 1 saturated heterocycles. The third kappa shape index (κ3) is 3.77. The summed E-state index contributed by atoms with van der Waals surface area (Å²) in [7, 11) is 0. The van der Waals surface area contributed by atoms with Crippen molar-refractivity contribution >= 4 is 11.8 Å². The molecule has 4 rings (SSSR count). The van der Waals surface area contributed by atoms with Gasteiger partial charge in [-0.15, -0.1) is 0 Å². The van der Waals surface area contributed by atoms with E-state index in [1.807, 2.05) is 24.0 Å². The number of carbonyl (C=O) groups is 2. The van der Waals surface area contributed by atoms with E-state index in [1.165, 1.54) is 6.42 Å². The van der Waals surface area contributed by atoms with Crippen LogP contribution in [0.3, 0.4) is 0 Å². The quantitative estimate of drug-likeness (QED) is 0.901. The van der Waals surface area contributed by atoms with Crippen LogP contribution >= 0.6 is 0 Å². The van der Waals surface area contributed by atoms with Crippen molar-refractivity contribution in [3.63, 3.8) is 0 Å². The van der Waals surface area contributed by atoms with Crippen LogP contribution in [0.4, 0.5) is 0 Å². The average Bonchev–Trinajstić information content (AvgIpc) is 3.37. The van der Waals surface area contributed by atoms with Gasteiger partial charge in [-0.3, -0.25) is 14.7 Å².